The maximum Gasteiger partial charge on any atom is 0.0205 e. The quantitative estimate of drug-likeness (QED) is 0.859. The molecule has 0 aliphatic carbocycles. The fourth-order valence-electron chi connectivity index (χ4n) is 2.96. The van der Waals surface area contributed by atoms with Gasteiger partial charge in [-0.05, 0) is 51.4 Å². The molecule has 18 heavy (non-hydrogen) atoms. The van der Waals surface area contributed by atoms with Crippen LogP contribution in [0.1, 0.15) is 30.0 Å². The van der Waals surface area contributed by atoms with Gasteiger partial charge < -0.3 is 10.2 Å². The Labute approximate surface area is 111 Å². The molecule has 2 rings (SSSR count). The molecule has 0 amide bonds. The number of aryl methyl sites for hydroxylation is 2. The minimum absolute atomic E-state index is 0.843. The number of likely N-dealkylation sites (tertiary alicyclic amines) is 1. The van der Waals surface area contributed by atoms with E-state index in [9.17, 15) is 0 Å². The van der Waals surface area contributed by atoms with Crippen LogP contribution in [0.3, 0.4) is 0 Å². The molecule has 1 aromatic rings. The Morgan fingerprint density at radius 2 is 1.94 bits per heavy atom. The van der Waals surface area contributed by atoms with E-state index in [1.165, 1.54) is 42.7 Å². The first-order valence-corrected chi connectivity index (χ1v) is 7.17. The van der Waals surface area contributed by atoms with Crippen LogP contribution in [0, 0.1) is 19.8 Å². The van der Waals surface area contributed by atoms with E-state index in [1.807, 2.05) is 0 Å². The topological polar surface area (TPSA) is 15.3 Å². The fourth-order valence-corrected chi connectivity index (χ4v) is 2.96. The van der Waals surface area contributed by atoms with Gasteiger partial charge in [-0.1, -0.05) is 36.2 Å². The molecule has 1 aromatic carbocycles. The number of benzene rings is 1. The summed E-state index contributed by atoms with van der Waals surface area (Å²) in [6.45, 7) is 12.5. The summed E-state index contributed by atoms with van der Waals surface area (Å²) in [6.07, 6.45) is 1.35. The van der Waals surface area contributed by atoms with Gasteiger partial charge in [-0.2, -0.15) is 0 Å². The minimum Gasteiger partial charge on any atom is -0.312 e. The van der Waals surface area contributed by atoms with Crippen molar-refractivity contribution in [3.05, 3.63) is 34.9 Å². The number of rotatable bonds is 5. The summed E-state index contributed by atoms with van der Waals surface area (Å²) in [5.74, 6) is 0.843. The molecular formula is C16H26N2. The molecule has 0 aromatic heterocycles. The van der Waals surface area contributed by atoms with Gasteiger partial charge in [0.15, 0.2) is 0 Å². The maximum atomic E-state index is 3.62. The molecule has 2 nitrogen and oxygen atoms in total. The lowest BCUT2D eigenvalue weighted by molar-refractivity contribution is 0.339. The van der Waals surface area contributed by atoms with Crippen molar-refractivity contribution >= 4 is 0 Å². The fraction of sp³-hybridized carbons (Fsp3) is 0.625. The average molecular weight is 246 g/mol. The summed E-state index contributed by atoms with van der Waals surface area (Å²) in [7, 11) is 0. The van der Waals surface area contributed by atoms with E-state index in [0.29, 0.717) is 0 Å². The van der Waals surface area contributed by atoms with Crippen molar-refractivity contribution < 1.29 is 0 Å². The second-order valence-electron chi connectivity index (χ2n) is 5.67. The molecule has 0 radical (unpaired) electrons. The summed E-state index contributed by atoms with van der Waals surface area (Å²) < 4.78 is 0. The molecule has 1 saturated heterocycles. The van der Waals surface area contributed by atoms with Crippen LogP contribution in [-0.2, 0) is 6.54 Å². The zero-order chi connectivity index (χ0) is 13.0. The largest absolute Gasteiger partial charge is 0.312 e. The average Bonchev–Trinajstić information content (AvgIpc) is 2.76. The Balaban J connectivity index is 1.75. The summed E-state index contributed by atoms with van der Waals surface area (Å²) in [4.78, 5) is 2.54. The van der Waals surface area contributed by atoms with Crippen LogP contribution in [0.25, 0.3) is 0 Å². The van der Waals surface area contributed by atoms with Crippen molar-refractivity contribution in [2.24, 2.45) is 5.92 Å². The summed E-state index contributed by atoms with van der Waals surface area (Å²) >= 11 is 0. The highest BCUT2D eigenvalue weighted by molar-refractivity contribution is 5.28. The van der Waals surface area contributed by atoms with Gasteiger partial charge in [0.2, 0.25) is 0 Å². The van der Waals surface area contributed by atoms with Crippen LogP contribution in [0.5, 0.6) is 0 Å². The highest BCUT2D eigenvalue weighted by Gasteiger charge is 2.20. The van der Waals surface area contributed by atoms with Crippen LogP contribution in [-0.4, -0.2) is 31.1 Å². The zero-order valence-electron chi connectivity index (χ0n) is 12.0. The molecule has 1 heterocycles. The van der Waals surface area contributed by atoms with Crippen LogP contribution >= 0.6 is 0 Å². The van der Waals surface area contributed by atoms with Crippen LogP contribution in [0.15, 0.2) is 18.2 Å². The third kappa shape index (κ3) is 3.82. The van der Waals surface area contributed by atoms with E-state index in [2.05, 4.69) is 49.2 Å². The van der Waals surface area contributed by atoms with Gasteiger partial charge in [0.05, 0.1) is 0 Å². The Kier molecular flexibility index (Phi) is 4.79. The highest BCUT2D eigenvalue weighted by atomic mass is 15.1. The van der Waals surface area contributed by atoms with Gasteiger partial charge in [-0.15, -0.1) is 0 Å². The molecule has 1 N–H and O–H groups in total. The third-order valence-electron chi connectivity index (χ3n) is 3.86. The molecule has 1 unspecified atom stereocenters. The molecule has 2 heteroatoms. The van der Waals surface area contributed by atoms with Gasteiger partial charge in [-0.25, -0.2) is 0 Å². The molecule has 0 bridgehead atoms. The Morgan fingerprint density at radius 3 is 2.56 bits per heavy atom. The van der Waals surface area contributed by atoms with E-state index in [1.54, 1.807) is 0 Å². The smallest absolute Gasteiger partial charge is 0.0205 e. The van der Waals surface area contributed by atoms with Crippen LogP contribution in [0.2, 0.25) is 0 Å². The van der Waals surface area contributed by atoms with E-state index >= 15 is 0 Å². The van der Waals surface area contributed by atoms with E-state index in [0.717, 1.165) is 19.0 Å². The van der Waals surface area contributed by atoms with Crippen LogP contribution < -0.4 is 5.32 Å². The normalized spacial score (nSPS) is 20.5. The van der Waals surface area contributed by atoms with Crippen molar-refractivity contribution in [3.63, 3.8) is 0 Å². The van der Waals surface area contributed by atoms with Gasteiger partial charge in [-0.3, -0.25) is 0 Å². The van der Waals surface area contributed by atoms with E-state index in [4.69, 9.17) is 0 Å². The Morgan fingerprint density at radius 1 is 1.22 bits per heavy atom. The lowest BCUT2D eigenvalue weighted by atomic mass is 10.1. The number of nitrogens with zero attached hydrogens (tertiary/aromatic N) is 1. The molecule has 1 fully saturated rings. The summed E-state index contributed by atoms with van der Waals surface area (Å²) in [5, 5.41) is 3.62. The number of nitrogens with one attached hydrogen (secondary N) is 1. The summed E-state index contributed by atoms with van der Waals surface area (Å²) in [5.41, 5.74) is 4.15. The first kappa shape index (κ1) is 13.6. The summed E-state index contributed by atoms with van der Waals surface area (Å²) in [6, 6.07) is 6.81. The zero-order valence-corrected chi connectivity index (χ0v) is 12.0. The minimum atomic E-state index is 0.843. The van der Waals surface area contributed by atoms with Crippen molar-refractivity contribution in [2.75, 3.05) is 26.2 Å². The van der Waals surface area contributed by atoms with Gasteiger partial charge in [0, 0.05) is 13.1 Å². The van der Waals surface area contributed by atoms with Crippen molar-refractivity contribution in [3.8, 4) is 0 Å². The van der Waals surface area contributed by atoms with Gasteiger partial charge in [0.25, 0.3) is 0 Å². The SMILES string of the molecule is CCN1CCC(CNCc2cc(C)cc(C)c2)C1. The van der Waals surface area contributed by atoms with Crippen molar-refractivity contribution in [1.82, 2.24) is 10.2 Å². The lowest BCUT2D eigenvalue weighted by Gasteiger charge is -2.14. The van der Waals surface area contributed by atoms with Crippen LogP contribution in [0.4, 0.5) is 0 Å². The standard InChI is InChI=1S/C16H26N2/c1-4-18-6-5-15(12-18)10-17-11-16-8-13(2)7-14(3)9-16/h7-9,15,17H,4-6,10-12H2,1-3H3. The maximum absolute atomic E-state index is 3.62. The molecule has 1 aliphatic heterocycles. The first-order chi connectivity index (χ1) is 8.67. The molecule has 1 aliphatic rings. The first-order valence-electron chi connectivity index (χ1n) is 7.17. The predicted molar refractivity (Wildman–Crippen MR) is 77.8 cm³/mol. The van der Waals surface area contributed by atoms with E-state index < -0.39 is 0 Å². The third-order valence-corrected chi connectivity index (χ3v) is 3.86. The van der Waals surface area contributed by atoms with Crippen molar-refractivity contribution in [1.29, 1.82) is 0 Å². The Hall–Kier alpha value is -0.860. The van der Waals surface area contributed by atoms with Gasteiger partial charge >= 0.3 is 0 Å². The number of hydrogen-bond acceptors (Lipinski definition) is 2. The second-order valence-corrected chi connectivity index (χ2v) is 5.67. The molecule has 0 saturated carbocycles. The van der Waals surface area contributed by atoms with E-state index in [-0.39, 0.29) is 0 Å². The second kappa shape index (κ2) is 6.35. The molecule has 100 valence electrons. The van der Waals surface area contributed by atoms with Crippen molar-refractivity contribution in [2.45, 2.75) is 33.7 Å². The van der Waals surface area contributed by atoms with Gasteiger partial charge in [0.1, 0.15) is 0 Å². The molecule has 1 atom stereocenters. The molecule has 0 spiro atoms. The monoisotopic (exact) mass is 246 g/mol. The predicted octanol–water partition coefficient (Wildman–Crippen LogP) is 2.73. The number of hydrogen-bond donors (Lipinski definition) is 1. The lowest BCUT2D eigenvalue weighted by Crippen LogP contribution is -2.26. The highest BCUT2D eigenvalue weighted by Crippen LogP contribution is 2.15. The Bertz CT molecular complexity index is 366. The molecular weight excluding hydrogens is 220 g/mol.